The average Bonchev–Trinajstić information content (AvgIpc) is 3.22. The van der Waals surface area contributed by atoms with Crippen molar-refractivity contribution in [2.24, 2.45) is 0 Å². The lowest BCUT2D eigenvalue weighted by atomic mass is 10.1. The Kier molecular flexibility index (Phi) is 5.34. The zero-order valence-electron chi connectivity index (χ0n) is 15.3. The number of H-pyrrole nitrogens is 1. The van der Waals surface area contributed by atoms with Gasteiger partial charge in [-0.1, -0.05) is 78.4 Å². The fourth-order valence-electron chi connectivity index (χ4n) is 2.71. The molecule has 0 unspecified atom stereocenters. The molecule has 2 heterocycles. The van der Waals surface area contributed by atoms with Crippen molar-refractivity contribution in [3.8, 4) is 22.6 Å². The molecule has 0 fully saturated rings. The molecule has 7 heteroatoms. The molecule has 0 saturated carbocycles. The first-order chi connectivity index (χ1) is 13.7. The van der Waals surface area contributed by atoms with Crippen molar-refractivity contribution in [2.45, 2.75) is 24.3 Å². The average molecular weight is 390 g/mol. The zero-order chi connectivity index (χ0) is 19.3. The standard InChI is InChI=1S/C21H18N4O2S/c1-2-14-8-10-16(11-9-14)20-24-19(27-25-20)13-28-21-22-17(12-18(26)23-21)15-6-4-3-5-7-15/h3-12H,2,13H2,1H3,(H,22,23,26). The molecular weight excluding hydrogens is 372 g/mol. The summed E-state index contributed by atoms with van der Waals surface area (Å²) in [7, 11) is 0. The molecule has 6 nitrogen and oxygen atoms in total. The molecule has 0 atom stereocenters. The Balaban J connectivity index is 1.48. The van der Waals surface area contributed by atoms with Gasteiger partial charge in [-0.15, -0.1) is 0 Å². The van der Waals surface area contributed by atoms with Crippen LogP contribution in [-0.4, -0.2) is 20.1 Å². The predicted octanol–water partition coefficient (Wildman–Crippen LogP) is 4.34. The van der Waals surface area contributed by atoms with Crippen molar-refractivity contribution < 1.29 is 4.52 Å². The van der Waals surface area contributed by atoms with Crippen molar-refractivity contribution in [2.75, 3.05) is 0 Å². The van der Waals surface area contributed by atoms with Crippen molar-refractivity contribution >= 4 is 11.8 Å². The van der Waals surface area contributed by atoms with Crippen molar-refractivity contribution in [1.29, 1.82) is 0 Å². The summed E-state index contributed by atoms with van der Waals surface area (Å²) < 4.78 is 5.34. The molecule has 4 aromatic rings. The van der Waals surface area contributed by atoms with Crippen LogP contribution in [0.3, 0.4) is 0 Å². The highest BCUT2D eigenvalue weighted by molar-refractivity contribution is 7.98. The Labute approximate surface area is 166 Å². The molecule has 0 spiro atoms. The highest BCUT2D eigenvalue weighted by atomic mass is 32.2. The second-order valence-corrected chi connectivity index (χ2v) is 7.12. The quantitative estimate of drug-likeness (QED) is 0.389. The van der Waals surface area contributed by atoms with Crippen LogP contribution < -0.4 is 5.56 Å². The lowest BCUT2D eigenvalue weighted by molar-refractivity contribution is 0.391. The molecule has 28 heavy (non-hydrogen) atoms. The number of aromatic amines is 1. The van der Waals surface area contributed by atoms with Crippen molar-refractivity contribution in [3.63, 3.8) is 0 Å². The van der Waals surface area contributed by atoms with Gasteiger partial charge in [0, 0.05) is 17.2 Å². The molecule has 0 radical (unpaired) electrons. The van der Waals surface area contributed by atoms with Gasteiger partial charge < -0.3 is 9.51 Å². The third kappa shape index (κ3) is 4.20. The molecule has 0 aliphatic heterocycles. The highest BCUT2D eigenvalue weighted by Crippen LogP contribution is 2.23. The maximum absolute atomic E-state index is 12.0. The fraction of sp³-hybridized carbons (Fsp3) is 0.143. The largest absolute Gasteiger partial charge is 0.338 e. The van der Waals surface area contributed by atoms with E-state index in [4.69, 9.17) is 4.52 Å². The van der Waals surface area contributed by atoms with Gasteiger partial charge in [-0.25, -0.2) is 4.98 Å². The van der Waals surface area contributed by atoms with E-state index in [0.717, 1.165) is 17.5 Å². The van der Waals surface area contributed by atoms with Crippen LogP contribution in [-0.2, 0) is 12.2 Å². The van der Waals surface area contributed by atoms with Gasteiger partial charge in [0.1, 0.15) is 0 Å². The van der Waals surface area contributed by atoms with Crippen LogP contribution in [0.25, 0.3) is 22.6 Å². The molecule has 2 aromatic carbocycles. The summed E-state index contributed by atoms with van der Waals surface area (Å²) in [6.45, 7) is 2.11. The second kappa shape index (κ2) is 8.22. The molecule has 0 aliphatic carbocycles. The zero-order valence-corrected chi connectivity index (χ0v) is 16.1. The number of aromatic nitrogens is 4. The smallest absolute Gasteiger partial charge is 0.252 e. The van der Waals surface area contributed by atoms with Crippen LogP contribution >= 0.6 is 11.8 Å². The van der Waals surface area contributed by atoms with Gasteiger partial charge in [0.05, 0.1) is 11.4 Å². The molecule has 0 bridgehead atoms. The Morgan fingerprint density at radius 3 is 2.54 bits per heavy atom. The number of aryl methyl sites for hydroxylation is 1. The van der Waals surface area contributed by atoms with Gasteiger partial charge in [0.2, 0.25) is 11.7 Å². The number of nitrogens with one attached hydrogen (secondary N) is 1. The number of nitrogens with zero attached hydrogens (tertiary/aromatic N) is 3. The van der Waals surface area contributed by atoms with E-state index in [1.54, 1.807) is 0 Å². The summed E-state index contributed by atoms with van der Waals surface area (Å²) in [5.41, 5.74) is 3.50. The summed E-state index contributed by atoms with van der Waals surface area (Å²) in [5.74, 6) is 1.45. The van der Waals surface area contributed by atoms with Crippen LogP contribution in [0, 0.1) is 0 Å². The monoisotopic (exact) mass is 390 g/mol. The normalized spacial score (nSPS) is 10.9. The van der Waals surface area contributed by atoms with Gasteiger partial charge in [-0.05, 0) is 12.0 Å². The van der Waals surface area contributed by atoms with Gasteiger partial charge in [0.25, 0.3) is 5.56 Å². The first kappa shape index (κ1) is 18.2. The number of hydrogen-bond acceptors (Lipinski definition) is 6. The maximum atomic E-state index is 12.0. The Morgan fingerprint density at radius 1 is 1.00 bits per heavy atom. The van der Waals surface area contributed by atoms with E-state index in [1.165, 1.54) is 23.4 Å². The Morgan fingerprint density at radius 2 is 1.79 bits per heavy atom. The van der Waals surface area contributed by atoms with Gasteiger partial charge >= 0.3 is 0 Å². The van der Waals surface area contributed by atoms with Gasteiger partial charge in [-0.2, -0.15) is 4.98 Å². The van der Waals surface area contributed by atoms with E-state index in [1.807, 2.05) is 42.5 Å². The number of thioether (sulfide) groups is 1. The third-order valence-electron chi connectivity index (χ3n) is 4.21. The molecule has 0 saturated heterocycles. The highest BCUT2D eigenvalue weighted by Gasteiger charge is 2.11. The molecule has 2 aromatic heterocycles. The van der Waals surface area contributed by atoms with E-state index in [-0.39, 0.29) is 5.56 Å². The Bertz CT molecular complexity index is 1120. The first-order valence-corrected chi connectivity index (χ1v) is 9.91. The van der Waals surface area contributed by atoms with E-state index in [0.29, 0.717) is 28.3 Å². The van der Waals surface area contributed by atoms with Crippen LogP contribution in [0.5, 0.6) is 0 Å². The topological polar surface area (TPSA) is 84.7 Å². The minimum atomic E-state index is -0.196. The van der Waals surface area contributed by atoms with Crippen LogP contribution in [0.2, 0.25) is 0 Å². The number of hydrogen-bond donors (Lipinski definition) is 1. The first-order valence-electron chi connectivity index (χ1n) is 8.93. The molecular formula is C21H18N4O2S. The number of rotatable bonds is 6. The molecule has 140 valence electrons. The summed E-state index contributed by atoms with van der Waals surface area (Å²) in [6.07, 6.45) is 0.988. The fourth-order valence-corrected chi connectivity index (χ4v) is 3.42. The minimum absolute atomic E-state index is 0.196. The third-order valence-corrected chi connectivity index (χ3v) is 5.07. The summed E-state index contributed by atoms with van der Waals surface area (Å²) in [5, 5.41) is 4.56. The summed E-state index contributed by atoms with van der Waals surface area (Å²) in [6, 6.07) is 19.2. The molecule has 1 N–H and O–H groups in total. The van der Waals surface area contributed by atoms with Crippen molar-refractivity contribution in [3.05, 3.63) is 82.5 Å². The summed E-state index contributed by atoms with van der Waals surface area (Å²) >= 11 is 1.35. The predicted molar refractivity (Wildman–Crippen MR) is 109 cm³/mol. The van der Waals surface area contributed by atoms with Gasteiger partial charge in [-0.3, -0.25) is 4.79 Å². The SMILES string of the molecule is CCc1ccc(-c2noc(CSc3nc(-c4ccccc4)cc(=O)[nH]3)n2)cc1. The summed E-state index contributed by atoms with van der Waals surface area (Å²) in [4.78, 5) is 23.7. The van der Waals surface area contributed by atoms with Crippen LogP contribution in [0.1, 0.15) is 18.4 Å². The van der Waals surface area contributed by atoms with Crippen LogP contribution in [0.4, 0.5) is 0 Å². The van der Waals surface area contributed by atoms with E-state index < -0.39 is 0 Å². The molecule has 4 rings (SSSR count). The molecule has 0 aliphatic rings. The number of benzene rings is 2. The molecule has 0 amide bonds. The maximum Gasteiger partial charge on any atom is 0.252 e. The van der Waals surface area contributed by atoms with E-state index in [9.17, 15) is 4.79 Å². The van der Waals surface area contributed by atoms with Gasteiger partial charge in [0.15, 0.2) is 5.16 Å². The second-order valence-electron chi connectivity index (χ2n) is 6.15. The van der Waals surface area contributed by atoms with Crippen molar-refractivity contribution in [1.82, 2.24) is 20.1 Å². The minimum Gasteiger partial charge on any atom is -0.338 e. The van der Waals surface area contributed by atoms with E-state index in [2.05, 4.69) is 39.2 Å². The Hall–Kier alpha value is -3.19. The van der Waals surface area contributed by atoms with E-state index >= 15 is 0 Å². The lowest BCUT2D eigenvalue weighted by Gasteiger charge is -2.03. The lowest BCUT2D eigenvalue weighted by Crippen LogP contribution is -2.08. The van der Waals surface area contributed by atoms with Crippen LogP contribution in [0.15, 0.2) is 75.1 Å².